The fourth-order valence-electron chi connectivity index (χ4n) is 4.03. The van der Waals surface area contributed by atoms with Crippen molar-refractivity contribution in [2.75, 3.05) is 19.6 Å². The lowest BCUT2D eigenvalue weighted by molar-refractivity contribution is -0.187. The van der Waals surface area contributed by atoms with Gasteiger partial charge in [-0.1, -0.05) is 19.8 Å². The van der Waals surface area contributed by atoms with Crippen molar-refractivity contribution in [3.05, 3.63) is 0 Å². The molecular weight excluding hydrogens is 279 g/mol. The van der Waals surface area contributed by atoms with Gasteiger partial charge in [-0.25, -0.2) is 0 Å². The molecule has 0 radical (unpaired) electrons. The Hall–Kier alpha value is -0.290. The lowest BCUT2D eigenvalue weighted by atomic mass is 9.77. The van der Waals surface area contributed by atoms with Crippen molar-refractivity contribution in [1.82, 2.24) is 4.90 Å². The molecule has 2 aliphatic rings. The highest BCUT2D eigenvalue weighted by molar-refractivity contribution is 4.85. The van der Waals surface area contributed by atoms with Gasteiger partial charge in [0.25, 0.3) is 0 Å². The smallest absolute Gasteiger partial charge is 0.393 e. The molecule has 1 saturated heterocycles. The van der Waals surface area contributed by atoms with Crippen molar-refractivity contribution in [2.45, 2.75) is 64.1 Å². The van der Waals surface area contributed by atoms with Crippen molar-refractivity contribution in [2.24, 2.45) is 17.8 Å². The molecule has 0 aromatic heterocycles. The first-order valence-electron chi connectivity index (χ1n) is 8.37. The molecule has 0 spiro atoms. The van der Waals surface area contributed by atoms with Crippen molar-refractivity contribution >= 4 is 0 Å². The summed E-state index contributed by atoms with van der Waals surface area (Å²) in [6, 6.07) is 0. The van der Waals surface area contributed by atoms with Crippen LogP contribution in [-0.4, -0.2) is 41.9 Å². The number of halogens is 3. The first-order chi connectivity index (χ1) is 9.90. The van der Waals surface area contributed by atoms with Crippen LogP contribution in [0.4, 0.5) is 13.2 Å². The van der Waals surface area contributed by atoms with Gasteiger partial charge in [0.05, 0.1) is 12.0 Å². The van der Waals surface area contributed by atoms with Crippen molar-refractivity contribution in [3.8, 4) is 0 Å². The molecule has 2 nitrogen and oxygen atoms in total. The van der Waals surface area contributed by atoms with Gasteiger partial charge in [0.2, 0.25) is 0 Å². The van der Waals surface area contributed by atoms with Crippen LogP contribution in [0.15, 0.2) is 0 Å². The molecule has 1 N–H and O–H groups in total. The van der Waals surface area contributed by atoms with Gasteiger partial charge in [-0.2, -0.15) is 13.2 Å². The summed E-state index contributed by atoms with van der Waals surface area (Å²) in [5, 5.41) is 10.2. The van der Waals surface area contributed by atoms with Gasteiger partial charge in [-0.15, -0.1) is 0 Å². The van der Waals surface area contributed by atoms with Crippen LogP contribution >= 0.6 is 0 Å². The van der Waals surface area contributed by atoms with Crippen LogP contribution in [0.5, 0.6) is 0 Å². The van der Waals surface area contributed by atoms with E-state index in [-0.39, 0.29) is 25.0 Å². The highest BCUT2D eigenvalue weighted by atomic mass is 19.4. The Kier molecular flexibility index (Phi) is 5.95. The highest BCUT2D eigenvalue weighted by Crippen LogP contribution is 2.36. The summed E-state index contributed by atoms with van der Waals surface area (Å²) in [5.41, 5.74) is 0. The molecular formula is C16H28F3NO. The van der Waals surface area contributed by atoms with Gasteiger partial charge < -0.3 is 10.0 Å². The van der Waals surface area contributed by atoms with E-state index in [1.54, 1.807) is 0 Å². The molecule has 2 rings (SSSR count). The number of alkyl halides is 3. The van der Waals surface area contributed by atoms with E-state index < -0.39 is 12.1 Å². The Bertz CT molecular complexity index is 321. The van der Waals surface area contributed by atoms with Gasteiger partial charge >= 0.3 is 6.18 Å². The van der Waals surface area contributed by atoms with Crippen molar-refractivity contribution in [1.29, 1.82) is 0 Å². The second-order valence-electron chi connectivity index (χ2n) is 6.94. The van der Waals surface area contributed by atoms with E-state index in [1.807, 2.05) is 4.90 Å². The number of aliphatic hydroxyl groups is 1. The molecule has 1 saturated carbocycles. The van der Waals surface area contributed by atoms with Gasteiger partial charge in [-0.05, 0) is 50.5 Å². The molecule has 124 valence electrons. The first kappa shape index (κ1) is 17.1. The average molecular weight is 307 g/mol. The Labute approximate surface area is 125 Å². The minimum absolute atomic E-state index is 0.116. The third-order valence-electron chi connectivity index (χ3n) is 5.21. The largest absolute Gasteiger partial charge is 0.393 e. The molecule has 4 unspecified atom stereocenters. The molecule has 1 aliphatic heterocycles. The number of aliphatic hydroxyl groups excluding tert-OH is 1. The summed E-state index contributed by atoms with van der Waals surface area (Å²) in [5.74, 6) is -0.382. The normalized spacial score (nSPS) is 35.9. The number of piperidine rings is 1. The maximum Gasteiger partial charge on any atom is 0.393 e. The minimum Gasteiger partial charge on any atom is -0.393 e. The number of nitrogens with zero attached hydrogens (tertiary/aromatic N) is 1. The van der Waals surface area contributed by atoms with Crippen LogP contribution in [0.3, 0.4) is 0 Å². The second-order valence-corrected chi connectivity index (χ2v) is 6.94. The average Bonchev–Trinajstić information content (AvgIpc) is 2.42. The summed E-state index contributed by atoms with van der Waals surface area (Å²) in [4.78, 5) is 1.93. The maximum absolute atomic E-state index is 12.9. The number of hydrogen-bond acceptors (Lipinski definition) is 2. The maximum atomic E-state index is 12.9. The van der Waals surface area contributed by atoms with Crippen LogP contribution in [0.25, 0.3) is 0 Å². The van der Waals surface area contributed by atoms with E-state index in [4.69, 9.17) is 0 Å². The summed E-state index contributed by atoms with van der Waals surface area (Å²) in [6.45, 7) is 3.66. The zero-order chi connectivity index (χ0) is 15.5. The first-order valence-corrected chi connectivity index (χ1v) is 8.37. The second kappa shape index (κ2) is 7.32. The topological polar surface area (TPSA) is 23.5 Å². The molecule has 0 bridgehead atoms. The number of likely N-dealkylation sites (tertiary alicyclic amines) is 1. The SMILES string of the molecule is CCCC1CCC(O)C(CN2CCCC(C(F)(F)F)C2)C1. The van der Waals surface area contributed by atoms with Crippen LogP contribution in [0.1, 0.15) is 51.9 Å². The van der Waals surface area contributed by atoms with E-state index >= 15 is 0 Å². The molecule has 0 aromatic carbocycles. The predicted molar refractivity (Wildman–Crippen MR) is 77.0 cm³/mol. The fourth-order valence-corrected chi connectivity index (χ4v) is 4.03. The van der Waals surface area contributed by atoms with E-state index in [0.29, 0.717) is 18.9 Å². The molecule has 21 heavy (non-hydrogen) atoms. The van der Waals surface area contributed by atoms with Gasteiger partial charge in [-0.3, -0.25) is 0 Å². The lowest BCUT2D eigenvalue weighted by Gasteiger charge is -2.40. The van der Waals surface area contributed by atoms with Gasteiger partial charge in [0, 0.05) is 13.1 Å². The Balaban J connectivity index is 1.87. The van der Waals surface area contributed by atoms with Gasteiger partial charge in [0.1, 0.15) is 0 Å². The van der Waals surface area contributed by atoms with E-state index in [9.17, 15) is 18.3 Å². The van der Waals surface area contributed by atoms with Crippen LogP contribution in [0, 0.1) is 17.8 Å². The summed E-state index contributed by atoms with van der Waals surface area (Å²) < 4.78 is 38.6. The number of hydrogen-bond donors (Lipinski definition) is 1. The Morgan fingerprint density at radius 3 is 2.62 bits per heavy atom. The number of rotatable bonds is 4. The van der Waals surface area contributed by atoms with Crippen LogP contribution in [0.2, 0.25) is 0 Å². The van der Waals surface area contributed by atoms with E-state index in [2.05, 4.69) is 6.92 Å². The third-order valence-corrected chi connectivity index (χ3v) is 5.21. The fraction of sp³-hybridized carbons (Fsp3) is 1.00. The highest BCUT2D eigenvalue weighted by Gasteiger charge is 2.42. The zero-order valence-corrected chi connectivity index (χ0v) is 12.9. The summed E-state index contributed by atoms with van der Waals surface area (Å²) >= 11 is 0. The van der Waals surface area contributed by atoms with Crippen LogP contribution in [-0.2, 0) is 0 Å². The Morgan fingerprint density at radius 2 is 1.95 bits per heavy atom. The molecule has 0 amide bonds. The lowest BCUT2D eigenvalue weighted by Crippen LogP contribution is -2.46. The predicted octanol–water partition coefficient (Wildman–Crippen LogP) is 3.84. The molecule has 4 atom stereocenters. The summed E-state index contributed by atoms with van der Waals surface area (Å²) in [7, 11) is 0. The molecule has 1 heterocycles. The quantitative estimate of drug-likeness (QED) is 0.853. The third kappa shape index (κ3) is 4.85. The van der Waals surface area contributed by atoms with Crippen molar-refractivity contribution in [3.63, 3.8) is 0 Å². The molecule has 0 aromatic rings. The van der Waals surface area contributed by atoms with E-state index in [1.165, 1.54) is 6.42 Å². The standard InChI is InChI=1S/C16H28F3NO/c1-2-4-12-6-7-15(21)13(9-12)10-20-8-3-5-14(11-20)16(17,18)19/h12-15,21H,2-11H2,1H3. The van der Waals surface area contributed by atoms with Crippen molar-refractivity contribution < 1.29 is 18.3 Å². The van der Waals surface area contributed by atoms with E-state index in [0.717, 1.165) is 32.2 Å². The minimum atomic E-state index is -4.07. The Morgan fingerprint density at radius 1 is 1.19 bits per heavy atom. The molecule has 2 fully saturated rings. The zero-order valence-electron chi connectivity index (χ0n) is 12.9. The van der Waals surface area contributed by atoms with Crippen LogP contribution < -0.4 is 0 Å². The summed E-state index contributed by atoms with van der Waals surface area (Å²) in [6.07, 6.45) is 1.64. The molecule has 5 heteroatoms. The molecule has 1 aliphatic carbocycles. The monoisotopic (exact) mass is 307 g/mol. The van der Waals surface area contributed by atoms with Gasteiger partial charge in [0.15, 0.2) is 0 Å².